The van der Waals surface area contributed by atoms with E-state index in [-0.39, 0.29) is 0 Å². The maximum absolute atomic E-state index is 3.75. The van der Waals surface area contributed by atoms with Gasteiger partial charge in [-0.05, 0) is 49.6 Å². The van der Waals surface area contributed by atoms with Crippen molar-refractivity contribution < 1.29 is 0 Å². The highest BCUT2D eigenvalue weighted by molar-refractivity contribution is 4.91. The van der Waals surface area contributed by atoms with Gasteiger partial charge in [0.15, 0.2) is 0 Å². The predicted molar refractivity (Wildman–Crippen MR) is 92.7 cm³/mol. The maximum atomic E-state index is 3.75. The molecule has 2 rings (SSSR count). The van der Waals surface area contributed by atoms with E-state index in [0.29, 0.717) is 16.9 Å². The second-order valence-corrected chi connectivity index (χ2v) is 8.54. The minimum Gasteiger partial charge on any atom is -0.314 e. The average molecular weight is 295 g/mol. The molecule has 1 heterocycles. The van der Waals surface area contributed by atoms with E-state index in [1.165, 1.54) is 77.5 Å². The minimum absolute atomic E-state index is 0.558. The van der Waals surface area contributed by atoms with Gasteiger partial charge in [-0.25, -0.2) is 0 Å². The fourth-order valence-electron chi connectivity index (χ4n) is 4.19. The number of rotatable bonds is 6. The molecule has 1 aliphatic heterocycles. The lowest BCUT2D eigenvalue weighted by atomic mass is 9.72. The lowest BCUT2D eigenvalue weighted by Gasteiger charge is -2.46. The van der Waals surface area contributed by atoms with Crippen molar-refractivity contribution in [2.45, 2.75) is 85.1 Å². The number of nitrogens with one attached hydrogen (secondary N) is 1. The Kier molecular flexibility index (Phi) is 6.14. The van der Waals surface area contributed by atoms with Crippen molar-refractivity contribution in [2.75, 3.05) is 26.2 Å². The number of likely N-dealkylation sites (tertiary alicyclic amines) is 1. The summed E-state index contributed by atoms with van der Waals surface area (Å²) in [4.78, 5) is 2.78. The molecule has 1 N–H and O–H groups in total. The lowest BCUT2D eigenvalue weighted by Crippen LogP contribution is -2.49. The molecule has 0 aromatic carbocycles. The smallest absolute Gasteiger partial charge is 0.00501 e. The van der Waals surface area contributed by atoms with Crippen LogP contribution in [0.25, 0.3) is 0 Å². The molecule has 2 fully saturated rings. The van der Waals surface area contributed by atoms with E-state index in [9.17, 15) is 0 Å². The first-order valence-electron chi connectivity index (χ1n) is 9.43. The van der Waals surface area contributed by atoms with Crippen LogP contribution in [0.2, 0.25) is 0 Å². The zero-order chi connectivity index (χ0) is 15.3. The summed E-state index contributed by atoms with van der Waals surface area (Å²) < 4.78 is 0. The Morgan fingerprint density at radius 2 is 1.62 bits per heavy atom. The Balaban J connectivity index is 1.90. The van der Waals surface area contributed by atoms with Gasteiger partial charge < -0.3 is 10.2 Å². The highest BCUT2D eigenvalue weighted by Gasteiger charge is 2.36. The predicted octanol–water partition coefficient (Wildman–Crippen LogP) is 4.45. The molecule has 0 amide bonds. The van der Waals surface area contributed by atoms with Crippen LogP contribution in [0.15, 0.2) is 0 Å². The second kappa shape index (κ2) is 7.46. The van der Waals surface area contributed by atoms with Gasteiger partial charge >= 0.3 is 0 Å². The molecule has 0 aromatic heterocycles. The van der Waals surface area contributed by atoms with Crippen LogP contribution in [-0.2, 0) is 0 Å². The van der Waals surface area contributed by atoms with Crippen LogP contribution in [0.5, 0.6) is 0 Å². The van der Waals surface area contributed by atoms with Crippen LogP contribution in [0.3, 0.4) is 0 Å². The third-order valence-electron chi connectivity index (χ3n) is 6.28. The third kappa shape index (κ3) is 4.96. The van der Waals surface area contributed by atoms with Gasteiger partial charge in [-0.2, -0.15) is 0 Å². The largest absolute Gasteiger partial charge is 0.314 e. The van der Waals surface area contributed by atoms with Crippen LogP contribution in [0.1, 0.15) is 79.1 Å². The molecule has 1 saturated carbocycles. The number of hydrogen-bond donors (Lipinski definition) is 1. The fourth-order valence-corrected chi connectivity index (χ4v) is 4.19. The zero-order valence-electron chi connectivity index (χ0n) is 15.0. The molecule has 21 heavy (non-hydrogen) atoms. The van der Waals surface area contributed by atoms with Gasteiger partial charge in [0.25, 0.3) is 0 Å². The maximum Gasteiger partial charge on any atom is 0.00501 e. The van der Waals surface area contributed by atoms with E-state index >= 15 is 0 Å². The number of nitrogens with zero attached hydrogens (tertiary/aromatic N) is 1. The second-order valence-electron chi connectivity index (χ2n) is 8.54. The van der Waals surface area contributed by atoms with Crippen molar-refractivity contribution in [2.24, 2.45) is 10.8 Å². The highest BCUT2D eigenvalue weighted by atomic mass is 15.1. The Morgan fingerprint density at radius 3 is 2.14 bits per heavy atom. The van der Waals surface area contributed by atoms with E-state index in [2.05, 4.69) is 37.9 Å². The molecule has 1 saturated heterocycles. The van der Waals surface area contributed by atoms with Crippen molar-refractivity contribution >= 4 is 0 Å². The van der Waals surface area contributed by atoms with E-state index in [1.807, 2.05) is 0 Å². The number of hydrogen-bond acceptors (Lipinski definition) is 2. The summed E-state index contributed by atoms with van der Waals surface area (Å²) in [5.74, 6) is 0. The molecule has 124 valence electrons. The molecular formula is C19H38N2. The monoisotopic (exact) mass is 294 g/mol. The summed E-state index contributed by atoms with van der Waals surface area (Å²) in [7, 11) is 0. The van der Waals surface area contributed by atoms with Gasteiger partial charge in [0.05, 0.1) is 0 Å². The molecule has 0 spiro atoms. The molecule has 0 radical (unpaired) electrons. The summed E-state index contributed by atoms with van der Waals surface area (Å²) in [5.41, 5.74) is 1.18. The molecule has 2 heteroatoms. The van der Waals surface area contributed by atoms with Crippen LogP contribution >= 0.6 is 0 Å². The van der Waals surface area contributed by atoms with Gasteiger partial charge in [0, 0.05) is 19.1 Å². The topological polar surface area (TPSA) is 15.3 Å². The Labute approximate surface area is 133 Å². The van der Waals surface area contributed by atoms with Crippen LogP contribution in [0, 0.1) is 10.8 Å². The Bertz CT molecular complexity index is 297. The molecule has 2 aliphatic rings. The summed E-state index contributed by atoms with van der Waals surface area (Å²) in [6.45, 7) is 14.6. The normalized spacial score (nSPS) is 26.1. The average Bonchev–Trinajstić information content (AvgIpc) is 2.49. The van der Waals surface area contributed by atoms with Crippen LogP contribution in [0.4, 0.5) is 0 Å². The first kappa shape index (κ1) is 17.3. The van der Waals surface area contributed by atoms with E-state index < -0.39 is 0 Å². The van der Waals surface area contributed by atoms with Crippen LogP contribution < -0.4 is 5.32 Å². The molecule has 2 nitrogen and oxygen atoms in total. The van der Waals surface area contributed by atoms with Crippen molar-refractivity contribution in [3.8, 4) is 0 Å². The van der Waals surface area contributed by atoms with Gasteiger partial charge in [0.1, 0.15) is 0 Å². The van der Waals surface area contributed by atoms with Crippen molar-refractivity contribution in [1.82, 2.24) is 10.2 Å². The first-order chi connectivity index (χ1) is 9.97. The van der Waals surface area contributed by atoms with Gasteiger partial charge in [-0.3, -0.25) is 0 Å². The van der Waals surface area contributed by atoms with Gasteiger partial charge in [-0.15, -0.1) is 0 Å². The fraction of sp³-hybridized carbons (Fsp3) is 1.00. The van der Waals surface area contributed by atoms with Crippen molar-refractivity contribution in [1.29, 1.82) is 0 Å². The molecule has 0 unspecified atom stereocenters. The lowest BCUT2D eigenvalue weighted by molar-refractivity contribution is 0.0515. The minimum atomic E-state index is 0.558. The molecular weight excluding hydrogens is 256 g/mol. The van der Waals surface area contributed by atoms with Gasteiger partial charge in [0.2, 0.25) is 0 Å². The number of piperidine rings is 1. The molecule has 0 aromatic rings. The van der Waals surface area contributed by atoms with Gasteiger partial charge in [-0.1, -0.05) is 53.4 Å². The summed E-state index contributed by atoms with van der Waals surface area (Å²) in [5, 5.41) is 3.75. The van der Waals surface area contributed by atoms with E-state index in [1.54, 1.807) is 0 Å². The summed E-state index contributed by atoms with van der Waals surface area (Å²) in [6, 6.07) is 0.619. The Morgan fingerprint density at radius 1 is 1.00 bits per heavy atom. The quantitative estimate of drug-likeness (QED) is 0.778. The standard InChI is InChI=1S/C19H38N2/c1-5-18(4)11-13-21(14-12-18)16-19(15-20-17(2)3)9-7-6-8-10-19/h17,20H,5-16H2,1-4H3. The molecule has 1 aliphatic carbocycles. The van der Waals surface area contributed by atoms with Crippen molar-refractivity contribution in [3.63, 3.8) is 0 Å². The molecule has 0 atom stereocenters. The highest BCUT2D eigenvalue weighted by Crippen LogP contribution is 2.39. The first-order valence-corrected chi connectivity index (χ1v) is 9.43. The third-order valence-corrected chi connectivity index (χ3v) is 6.28. The SMILES string of the molecule is CCC1(C)CCN(CC2(CNC(C)C)CCCCC2)CC1. The summed E-state index contributed by atoms with van der Waals surface area (Å²) in [6.07, 6.45) is 11.4. The van der Waals surface area contributed by atoms with Crippen LogP contribution in [-0.4, -0.2) is 37.1 Å². The summed E-state index contributed by atoms with van der Waals surface area (Å²) >= 11 is 0. The van der Waals surface area contributed by atoms with E-state index in [4.69, 9.17) is 0 Å². The van der Waals surface area contributed by atoms with E-state index in [0.717, 1.165) is 0 Å². The Hall–Kier alpha value is -0.0800. The van der Waals surface area contributed by atoms with Crippen molar-refractivity contribution in [3.05, 3.63) is 0 Å². The molecule has 0 bridgehead atoms. The zero-order valence-corrected chi connectivity index (χ0v) is 15.0.